The highest BCUT2D eigenvalue weighted by molar-refractivity contribution is 9.10. The van der Waals surface area contributed by atoms with Gasteiger partial charge in [0.05, 0.1) is 31.3 Å². The molecule has 14 heteroatoms. The van der Waals surface area contributed by atoms with Gasteiger partial charge in [0.2, 0.25) is 0 Å². The molecular formula is C16H18Br2N12. The van der Waals surface area contributed by atoms with Gasteiger partial charge in [-0.05, 0) is 45.7 Å². The minimum atomic E-state index is 0.348. The molecule has 0 atom stereocenters. The topological polar surface area (TPSA) is 165 Å². The van der Waals surface area contributed by atoms with Gasteiger partial charge in [0.15, 0.2) is 11.6 Å². The third-order valence-corrected chi connectivity index (χ3v) is 4.47. The minimum absolute atomic E-state index is 0.348. The summed E-state index contributed by atoms with van der Waals surface area (Å²) in [6, 6.07) is 0. The molecule has 4 heterocycles. The van der Waals surface area contributed by atoms with E-state index in [-0.39, 0.29) is 0 Å². The number of halogens is 2. The van der Waals surface area contributed by atoms with Gasteiger partial charge in [-0.3, -0.25) is 4.68 Å². The Morgan fingerprint density at radius 1 is 0.867 bits per heavy atom. The summed E-state index contributed by atoms with van der Waals surface area (Å²) in [5.41, 5.74) is 13.7. The van der Waals surface area contributed by atoms with Gasteiger partial charge in [-0.15, -0.1) is 5.10 Å². The van der Waals surface area contributed by atoms with Gasteiger partial charge in [-0.1, -0.05) is 5.21 Å². The van der Waals surface area contributed by atoms with Crippen LogP contribution in [0.25, 0.3) is 22.8 Å². The summed E-state index contributed by atoms with van der Waals surface area (Å²) in [6.07, 6.45) is 6.50. The summed E-state index contributed by atoms with van der Waals surface area (Å²) < 4.78 is 2.95. The molecule has 30 heavy (non-hydrogen) atoms. The third kappa shape index (κ3) is 5.13. The average Bonchev–Trinajstić information content (AvgIpc) is 3.41. The van der Waals surface area contributed by atoms with E-state index in [1.807, 2.05) is 13.8 Å². The fourth-order valence-corrected chi connectivity index (χ4v) is 2.81. The first-order chi connectivity index (χ1) is 14.4. The lowest BCUT2D eigenvalue weighted by molar-refractivity contribution is 0.570. The fourth-order valence-electron chi connectivity index (χ4n) is 2.25. The van der Waals surface area contributed by atoms with E-state index in [0.717, 1.165) is 6.54 Å². The van der Waals surface area contributed by atoms with Crippen molar-refractivity contribution >= 4 is 43.5 Å². The van der Waals surface area contributed by atoms with Crippen LogP contribution in [0.4, 0.5) is 11.6 Å². The van der Waals surface area contributed by atoms with Crippen LogP contribution < -0.4 is 11.5 Å². The Kier molecular flexibility index (Phi) is 6.99. The molecule has 4 rings (SSSR count). The van der Waals surface area contributed by atoms with E-state index in [9.17, 15) is 0 Å². The molecule has 4 aromatic rings. The molecule has 0 aliphatic heterocycles. The van der Waals surface area contributed by atoms with Crippen molar-refractivity contribution in [1.82, 2.24) is 49.9 Å². The number of aryl methyl sites for hydroxylation is 2. The quantitative estimate of drug-likeness (QED) is 0.394. The highest BCUT2D eigenvalue weighted by atomic mass is 79.9. The zero-order valence-corrected chi connectivity index (χ0v) is 19.3. The second kappa shape index (κ2) is 9.67. The van der Waals surface area contributed by atoms with E-state index in [2.05, 4.69) is 72.3 Å². The van der Waals surface area contributed by atoms with Crippen molar-refractivity contribution in [1.29, 1.82) is 0 Å². The van der Waals surface area contributed by atoms with Crippen LogP contribution in [0.5, 0.6) is 0 Å². The summed E-state index contributed by atoms with van der Waals surface area (Å²) in [4.78, 5) is 17.9. The highest BCUT2D eigenvalue weighted by Crippen LogP contribution is 2.21. The van der Waals surface area contributed by atoms with Crippen LogP contribution in [0, 0.1) is 0 Å². The van der Waals surface area contributed by atoms with Gasteiger partial charge >= 0.3 is 0 Å². The molecule has 4 aromatic heterocycles. The standard InChI is InChI=1S/2C8H9BrN6/c1-2-15-4-5(13-14-15)7-8(10)11-3-6(9)12-7;1-2-15-12-3-5(14-15)7-8(10)11-4-6(9)13-7/h2*3-4H,2H2,1H3,(H2,10,11). The molecule has 4 N–H and O–H groups in total. The lowest BCUT2D eigenvalue weighted by atomic mass is 10.3. The van der Waals surface area contributed by atoms with Crippen molar-refractivity contribution in [3.8, 4) is 22.8 Å². The van der Waals surface area contributed by atoms with Crippen LogP contribution in [0.2, 0.25) is 0 Å². The number of rotatable bonds is 4. The molecule has 156 valence electrons. The molecule has 0 aliphatic carbocycles. The highest BCUT2D eigenvalue weighted by Gasteiger charge is 2.11. The zero-order valence-electron chi connectivity index (χ0n) is 16.1. The lowest BCUT2D eigenvalue weighted by Gasteiger charge is -1.99. The maximum absolute atomic E-state index is 5.70. The lowest BCUT2D eigenvalue weighted by Crippen LogP contribution is -2.00. The third-order valence-electron chi connectivity index (χ3n) is 3.71. The molecule has 0 bridgehead atoms. The van der Waals surface area contributed by atoms with E-state index in [1.54, 1.807) is 34.3 Å². The van der Waals surface area contributed by atoms with Crippen LogP contribution in [-0.4, -0.2) is 49.9 Å². The molecule has 0 spiro atoms. The van der Waals surface area contributed by atoms with Crippen molar-refractivity contribution in [3.05, 3.63) is 34.0 Å². The number of nitrogen functional groups attached to an aromatic ring is 2. The molecule has 0 unspecified atom stereocenters. The Hall–Kier alpha value is -3.00. The largest absolute Gasteiger partial charge is 0.382 e. The van der Waals surface area contributed by atoms with Crippen LogP contribution in [0.15, 0.2) is 34.0 Å². The molecule has 0 aromatic carbocycles. The molecule has 0 fully saturated rings. The van der Waals surface area contributed by atoms with Crippen LogP contribution in [0.1, 0.15) is 13.8 Å². The van der Waals surface area contributed by atoms with Crippen LogP contribution in [0.3, 0.4) is 0 Å². The molecule has 0 saturated carbocycles. The van der Waals surface area contributed by atoms with Gasteiger partial charge in [0.25, 0.3) is 0 Å². The van der Waals surface area contributed by atoms with Crippen LogP contribution >= 0.6 is 31.9 Å². The number of nitrogens with two attached hydrogens (primary N) is 2. The van der Waals surface area contributed by atoms with E-state index in [0.29, 0.717) is 50.2 Å². The fraction of sp³-hybridized carbons (Fsp3) is 0.250. The van der Waals surface area contributed by atoms with E-state index < -0.39 is 0 Å². The molecule has 0 saturated heterocycles. The molecular weight excluding hydrogens is 520 g/mol. The summed E-state index contributed by atoms with van der Waals surface area (Å²) >= 11 is 6.47. The SMILES string of the molecule is CCn1cc(-c2nc(Br)cnc2N)nn1.CCn1ncc(-c2nc(Br)cnc2N)n1. The first kappa shape index (κ1) is 21.7. The van der Waals surface area contributed by atoms with Crippen molar-refractivity contribution in [2.45, 2.75) is 26.9 Å². The second-order valence-corrected chi connectivity index (χ2v) is 7.36. The Bertz CT molecular complexity index is 1050. The number of hydrogen-bond donors (Lipinski definition) is 2. The van der Waals surface area contributed by atoms with Crippen LogP contribution in [-0.2, 0) is 13.1 Å². The predicted molar refractivity (Wildman–Crippen MR) is 118 cm³/mol. The summed E-state index contributed by atoms with van der Waals surface area (Å²) in [6.45, 7) is 5.41. The van der Waals surface area contributed by atoms with Gasteiger partial charge in [-0.2, -0.15) is 15.0 Å². The maximum Gasteiger partial charge on any atom is 0.151 e. The Morgan fingerprint density at radius 2 is 1.47 bits per heavy atom. The monoisotopic (exact) mass is 536 g/mol. The van der Waals surface area contributed by atoms with E-state index in [4.69, 9.17) is 11.5 Å². The van der Waals surface area contributed by atoms with Gasteiger partial charge < -0.3 is 11.5 Å². The van der Waals surface area contributed by atoms with E-state index in [1.165, 1.54) is 0 Å². The molecule has 0 amide bonds. The van der Waals surface area contributed by atoms with Crippen molar-refractivity contribution < 1.29 is 0 Å². The summed E-state index contributed by atoms with van der Waals surface area (Å²) in [7, 11) is 0. The average molecular weight is 538 g/mol. The van der Waals surface area contributed by atoms with Crippen molar-refractivity contribution in [2.24, 2.45) is 0 Å². The molecule has 0 aliphatic rings. The number of nitrogens with zero attached hydrogens (tertiary/aromatic N) is 10. The smallest absolute Gasteiger partial charge is 0.151 e. The van der Waals surface area contributed by atoms with Gasteiger partial charge in [-0.25, -0.2) is 19.9 Å². The van der Waals surface area contributed by atoms with Crippen molar-refractivity contribution in [2.75, 3.05) is 11.5 Å². The predicted octanol–water partition coefficient (Wildman–Crippen LogP) is 2.20. The summed E-state index contributed by atoms with van der Waals surface area (Å²) in [5, 5.41) is 16.1. The number of anilines is 2. The molecule has 12 nitrogen and oxygen atoms in total. The summed E-state index contributed by atoms with van der Waals surface area (Å²) in [5.74, 6) is 0.697. The molecule has 0 radical (unpaired) electrons. The van der Waals surface area contributed by atoms with Gasteiger partial charge in [0, 0.05) is 6.54 Å². The Balaban J connectivity index is 0.000000171. The normalized spacial score (nSPS) is 10.5. The Morgan fingerprint density at radius 3 is 1.97 bits per heavy atom. The first-order valence-electron chi connectivity index (χ1n) is 8.78. The number of aromatic nitrogens is 10. The second-order valence-electron chi connectivity index (χ2n) is 5.73. The first-order valence-corrected chi connectivity index (χ1v) is 10.4. The van der Waals surface area contributed by atoms with Crippen molar-refractivity contribution in [3.63, 3.8) is 0 Å². The zero-order chi connectivity index (χ0) is 21.7. The minimum Gasteiger partial charge on any atom is -0.382 e. The Labute approximate surface area is 188 Å². The maximum atomic E-state index is 5.70. The van der Waals surface area contributed by atoms with E-state index >= 15 is 0 Å². The number of hydrogen-bond acceptors (Lipinski definition) is 10. The van der Waals surface area contributed by atoms with Gasteiger partial charge in [0.1, 0.15) is 32.0 Å².